The molecule has 2 saturated carbocycles. The van der Waals surface area contributed by atoms with Crippen LogP contribution in [0.15, 0.2) is 0 Å². The molecular weight excluding hydrogens is 242 g/mol. The summed E-state index contributed by atoms with van der Waals surface area (Å²) in [6.45, 7) is 2.30. The van der Waals surface area contributed by atoms with Crippen molar-refractivity contribution < 1.29 is 0 Å². The fourth-order valence-corrected chi connectivity index (χ4v) is 4.67. The van der Waals surface area contributed by atoms with Gasteiger partial charge < -0.3 is 5.32 Å². The molecule has 0 aliphatic heterocycles. The lowest BCUT2D eigenvalue weighted by Gasteiger charge is -2.16. The molecule has 2 aliphatic carbocycles. The Bertz CT molecular complexity index is 238. The van der Waals surface area contributed by atoms with Gasteiger partial charge in [-0.2, -0.15) is 0 Å². The molecular formula is C19H37N. The highest BCUT2D eigenvalue weighted by Gasteiger charge is 2.53. The Morgan fingerprint density at radius 3 is 1.95 bits per heavy atom. The highest BCUT2D eigenvalue weighted by atomic mass is 14.9. The van der Waals surface area contributed by atoms with Gasteiger partial charge in [0.25, 0.3) is 0 Å². The highest BCUT2D eigenvalue weighted by Crippen LogP contribution is 2.57. The first-order chi connectivity index (χ1) is 9.88. The number of unbranched alkanes of at least 4 members (excludes halogenated alkanes) is 7. The van der Waals surface area contributed by atoms with Crippen molar-refractivity contribution in [3.63, 3.8) is 0 Å². The topological polar surface area (TPSA) is 12.0 Å². The minimum atomic E-state index is 0.836. The third-order valence-electron chi connectivity index (χ3n) is 5.93. The van der Waals surface area contributed by atoms with Crippen LogP contribution in [-0.2, 0) is 0 Å². The van der Waals surface area contributed by atoms with Crippen LogP contribution in [0, 0.1) is 17.8 Å². The predicted molar refractivity (Wildman–Crippen MR) is 89.0 cm³/mol. The van der Waals surface area contributed by atoms with Gasteiger partial charge in [-0.25, -0.2) is 0 Å². The summed E-state index contributed by atoms with van der Waals surface area (Å²) in [5.74, 6) is 3.26. The molecule has 0 bridgehead atoms. The highest BCUT2D eigenvalue weighted by molar-refractivity contribution is 5.04. The van der Waals surface area contributed by atoms with Gasteiger partial charge in [0.05, 0.1) is 0 Å². The van der Waals surface area contributed by atoms with E-state index in [1.165, 1.54) is 83.5 Å². The number of hydrogen-bond donors (Lipinski definition) is 1. The Labute approximate surface area is 127 Å². The zero-order valence-corrected chi connectivity index (χ0v) is 14.0. The first kappa shape index (κ1) is 16.3. The quantitative estimate of drug-likeness (QED) is 0.489. The summed E-state index contributed by atoms with van der Waals surface area (Å²) >= 11 is 0. The second-order valence-electron chi connectivity index (χ2n) is 7.35. The maximum absolute atomic E-state index is 3.64. The summed E-state index contributed by atoms with van der Waals surface area (Å²) in [6.07, 6.45) is 19.1. The Balaban J connectivity index is 1.49. The molecule has 0 saturated heterocycles. The Morgan fingerprint density at radius 2 is 1.40 bits per heavy atom. The van der Waals surface area contributed by atoms with Gasteiger partial charge in [0.1, 0.15) is 0 Å². The van der Waals surface area contributed by atoms with Crippen molar-refractivity contribution in [1.82, 2.24) is 5.32 Å². The van der Waals surface area contributed by atoms with Gasteiger partial charge in [0.15, 0.2) is 0 Å². The Kier molecular flexibility index (Phi) is 7.41. The van der Waals surface area contributed by atoms with Crippen molar-refractivity contribution in [2.75, 3.05) is 7.05 Å². The second-order valence-corrected chi connectivity index (χ2v) is 7.35. The zero-order valence-electron chi connectivity index (χ0n) is 14.0. The Hall–Kier alpha value is -0.0400. The van der Waals surface area contributed by atoms with E-state index in [2.05, 4.69) is 19.3 Å². The standard InChI is InChI=1S/C19H37N/c1-3-4-5-6-7-8-9-10-15-18(20-2)19-16-13-11-12-14-17(16)19/h16-20H,3-15H2,1-2H3. The van der Waals surface area contributed by atoms with Gasteiger partial charge in [0.2, 0.25) is 0 Å². The minimum absolute atomic E-state index is 0.836. The van der Waals surface area contributed by atoms with Crippen molar-refractivity contribution in [2.24, 2.45) is 17.8 Å². The maximum Gasteiger partial charge on any atom is 0.00978 e. The van der Waals surface area contributed by atoms with E-state index < -0.39 is 0 Å². The molecule has 1 heteroatoms. The van der Waals surface area contributed by atoms with Crippen molar-refractivity contribution in [2.45, 2.75) is 96.4 Å². The van der Waals surface area contributed by atoms with Gasteiger partial charge in [0, 0.05) is 6.04 Å². The van der Waals surface area contributed by atoms with E-state index in [1.54, 1.807) is 0 Å². The first-order valence-electron chi connectivity index (χ1n) is 9.55. The van der Waals surface area contributed by atoms with Crippen molar-refractivity contribution in [1.29, 1.82) is 0 Å². The third kappa shape index (κ3) is 4.76. The van der Waals surface area contributed by atoms with Crippen LogP contribution in [0.25, 0.3) is 0 Å². The molecule has 0 heterocycles. The van der Waals surface area contributed by atoms with E-state index in [9.17, 15) is 0 Å². The zero-order chi connectivity index (χ0) is 14.2. The lowest BCUT2D eigenvalue weighted by atomic mass is 10.0. The van der Waals surface area contributed by atoms with Crippen LogP contribution in [0.2, 0.25) is 0 Å². The van der Waals surface area contributed by atoms with Crippen LogP contribution in [0.1, 0.15) is 90.4 Å². The SMILES string of the molecule is CCCCCCCCCCC(NC)C1C2CCCCC21. The number of nitrogens with one attached hydrogen (secondary N) is 1. The molecule has 0 radical (unpaired) electrons. The molecule has 3 unspecified atom stereocenters. The monoisotopic (exact) mass is 279 g/mol. The van der Waals surface area contributed by atoms with E-state index in [0.29, 0.717) is 0 Å². The average molecular weight is 280 g/mol. The molecule has 0 aromatic rings. The summed E-state index contributed by atoms with van der Waals surface area (Å²) in [5, 5.41) is 3.64. The van der Waals surface area contributed by atoms with Crippen LogP contribution in [0.5, 0.6) is 0 Å². The summed E-state index contributed by atoms with van der Waals surface area (Å²) in [5.41, 5.74) is 0. The predicted octanol–water partition coefficient (Wildman–Crippen LogP) is 5.54. The fraction of sp³-hybridized carbons (Fsp3) is 1.00. The lowest BCUT2D eigenvalue weighted by molar-refractivity contribution is 0.413. The number of rotatable bonds is 11. The number of hydrogen-bond acceptors (Lipinski definition) is 1. The van der Waals surface area contributed by atoms with Crippen molar-refractivity contribution >= 4 is 0 Å². The normalized spacial score (nSPS) is 30.0. The van der Waals surface area contributed by atoms with Crippen LogP contribution < -0.4 is 5.32 Å². The van der Waals surface area contributed by atoms with Gasteiger partial charge in [-0.1, -0.05) is 71.1 Å². The van der Waals surface area contributed by atoms with E-state index in [-0.39, 0.29) is 0 Å². The summed E-state index contributed by atoms with van der Waals surface area (Å²) in [4.78, 5) is 0. The van der Waals surface area contributed by atoms with Gasteiger partial charge in [-0.05, 0) is 44.1 Å². The second kappa shape index (κ2) is 9.07. The molecule has 0 aromatic carbocycles. The van der Waals surface area contributed by atoms with Crippen LogP contribution in [0.3, 0.4) is 0 Å². The van der Waals surface area contributed by atoms with E-state index >= 15 is 0 Å². The van der Waals surface area contributed by atoms with E-state index in [4.69, 9.17) is 0 Å². The first-order valence-corrected chi connectivity index (χ1v) is 9.55. The van der Waals surface area contributed by atoms with Crippen LogP contribution >= 0.6 is 0 Å². The van der Waals surface area contributed by atoms with Gasteiger partial charge >= 0.3 is 0 Å². The molecule has 0 aromatic heterocycles. The lowest BCUT2D eigenvalue weighted by Crippen LogP contribution is -2.28. The molecule has 0 spiro atoms. The largest absolute Gasteiger partial charge is 0.317 e. The summed E-state index contributed by atoms with van der Waals surface area (Å²) in [7, 11) is 2.19. The smallest absolute Gasteiger partial charge is 0.00978 e. The van der Waals surface area contributed by atoms with E-state index in [0.717, 1.165) is 23.8 Å². The minimum Gasteiger partial charge on any atom is -0.317 e. The molecule has 118 valence electrons. The summed E-state index contributed by atoms with van der Waals surface area (Å²) < 4.78 is 0. The average Bonchev–Trinajstić information content (AvgIpc) is 3.20. The molecule has 1 N–H and O–H groups in total. The Morgan fingerprint density at radius 1 is 0.850 bits per heavy atom. The van der Waals surface area contributed by atoms with E-state index in [1.807, 2.05) is 0 Å². The van der Waals surface area contributed by atoms with Crippen LogP contribution in [0.4, 0.5) is 0 Å². The van der Waals surface area contributed by atoms with Crippen molar-refractivity contribution in [3.8, 4) is 0 Å². The number of fused-ring (bicyclic) bond motifs is 1. The maximum atomic E-state index is 3.64. The summed E-state index contributed by atoms with van der Waals surface area (Å²) in [6, 6.07) is 0.836. The molecule has 1 nitrogen and oxygen atoms in total. The molecule has 2 fully saturated rings. The van der Waals surface area contributed by atoms with Crippen LogP contribution in [-0.4, -0.2) is 13.1 Å². The van der Waals surface area contributed by atoms with Gasteiger partial charge in [-0.3, -0.25) is 0 Å². The molecule has 20 heavy (non-hydrogen) atoms. The van der Waals surface area contributed by atoms with Gasteiger partial charge in [-0.15, -0.1) is 0 Å². The fourth-order valence-electron chi connectivity index (χ4n) is 4.67. The third-order valence-corrected chi connectivity index (χ3v) is 5.93. The molecule has 0 amide bonds. The molecule has 3 atom stereocenters. The molecule has 2 rings (SSSR count). The molecule has 2 aliphatic rings. The van der Waals surface area contributed by atoms with Crippen molar-refractivity contribution in [3.05, 3.63) is 0 Å².